The molecule has 0 bridgehead atoms. The lowest BCUT2D eigenvalue weighted by Gasteiger charge is -2.34. The molecule has 0 unspecified atom stereocenters. The van der Waals surface area contributed by atoms with E-state index in [1.807, 2.05) is 19.1 Å². The summed E-state index contributed by atoms with van der Waals surface area (Å²) >= 11 is 12.4. The summed E-state index contributed by atoms with van der Waals surface area (Å²) in [7, 11) is -3.52. The Kier molecular flexibility index (Phi) is 7.24. The van der Waals surface area contributed by atoms with Gasteiger partial charge < -0.3 is 10.6 Å². The summed E-state index contributed by atoms with van der Waals surface area (Å²) in [5, 5.41) is 6.19. The summed E-state index contributed by atoms with van der Waals surface area (Å²) in [6, 6.07) is 10.5. The van der Waals surface area contributed by atoms with Crippen LogP contribution in [0.2, 0.25) is 10.0 Å². The lowest BCUT2D eigenvalue weighted by Crippen LogP contribution is -2.50. The summed E-state index contributed by atoms with van der Waals surface area (Å²) in [5.41, 5.74) is 2.02. The van der Waals surface area contributed by atoms with E-state index in [1.165, 1.54) is 11.2 Å². The predicted molar refractivity (Wildman–Crippen MR) is 138 cm³/mol. The van der Waals surface area contributed by atoms with E-state index in [0.29, 0.717) is 33.6 Å². The Labute approximate surface area is 214 Å². The zero-order valence-corrected chi connectivity index (χ0v) is 21.7. The van der Waals surface area contributed by atoms with Gasteiger partial charge in [0.15, 0.2) is 0 Å². The van der Waals surface area contributed by atoms with Crippen molar-refractivity contribution in [1.29, 1.82) is 0 Å². The maximum absolute atomic E-state index is 13.0. The molecule has 2 aromatic rings. The highest BCUT2D eigenvalue weighted by Crippen LogP contribution is 2.34. The van der Waals surface area contributed by atoms with Crippen molar-refractivity contribution >= 4 is 56.6 Å². The van der Waals surface area contributed by atoms with Crippen molar-refractivity contribution in [2.24, 2.45) is 4.99 Å². The van der Waals surface area contributed by atoms with E-state index in [-0.39, 0.29) is 43.5 Å². The second-order valence-corrected chi connectivity index (χ2v) is 11.7. The van der Waals surface area contributed by atoms with Crippen LogP contribution in [0.1, 0.15) is 36.5 Å². The van der Waals surface area contributed by atoms with Gasteiger partial charge in [0.05, 0.1) is 15.8 Å². The van der Waals surface area contributed by atoms with Crippen LogP contribution in [0, 0.1) is 6.92 Å². The van der Waals surface area contributed by atoms with E-state index in [2.05, 4.69) is 15.6 Å². The molecule has 0 aliphatic carbocycles. The highest BCUT2D eigenvalue weighted by molar-refractivity contribution is 7.89. The first-order valence-electron chi connectivity index (χ1n) is 11.2. The third-order valence-electron chi connectivity index (χ3n) is 6.42. The quantitative estimate of drug-likeness (QED) is 0.588. The summed E-state index contributed by atoms with van der Waals surface area (Å²) in [6.07, 6.45) is 0.917. The van der Waals surface area contributed by atoms with Crippen LogP contribution in [0.15, 0.2) is 41.4 Å². The number of carbonyl (C=O) groups is 2. The number of piperidine rings is 1. The van der Waals surface area contributed by atoms with Crippen molar-refractivity contribution in [3.8, 4) is 0 Å². The highest BCUT2D eigenvalue weighted by Gasteiger charge is 2.47. The first-order chi connectivity index (χ1) is 16.5. The largest absolute Gasteiger partial charge is 0.326 e. The first-order valence-corrected chi connectivity index (χ1v) is 13.6. The Morgan fingerprint density at radius 1 is 1.20 bits per heavy atom. The molecule has 2 aromatic carbocycles. The number of benzene rings is 2. The van der Waals surface area contributed by atoms with Crippen LogP contribution in [0.25, 0.3) is 0 Å². The minimum atomic E-state index is -3.52. The van der Waals surface area contributed by atoms with Crippen LogP contribution in [0.5, 0.6) is 0 Å². The van der Waals surface area contributed by atoms with Crippen LogP contribution < -0.4 is 10.6 Å². The van der Waals surface area contributed by atoms with Crippen LogP contribution in [0.3, 0.4) is 0 Å². The number of aryl methyl sites for hydroxylation is 2. The average Bonchev–Trinajstić information content (AvgIpc) is 3.10. The molecule has 2 aliphatic rings. The number of nitrogens with zero attached hydrogens (tertiary/aromatic N) is 2. The molecule has 0 saturated carbocycles. The SMILES string of the molecule is CC(=O)Nc1ccc(CCS(=O)(=O)N2CCC3(CC2)N=C(c2cccc(Cl)c2Cl)NC3=O)c(C)c1. The monoisotopic (exact) mass is 536 g/mol. The van der Waals surface area contributed by atoms with Gasteiger partial charge in [0.1, 0.15) is 11.4 Å². The molecule has 4 rings (SSSR count). The summed E-state index contributed by atoms with van der Waals surface area (Å²) in [6.45, 7) is 3.73. The molecule has 1 saturated heterocycles. The van der Waals surface area contributed by atoms with E-state index >= 15 is 0 Å². The second kappa shape index (κ2) is 9.89. The number of halogens is 2. The molecule has 0 radical (unpaired) electrons. The van der Waals surface area contributed by atoms with Gasteiger partial charge in [0.2, 0.25) is 15.9 Å². The van der Waals surface area contributed by atoms with Gasteiger partial charge >= 0.3 is 0 Å². The molecule has 2 N–H and O–H groups in total. The molecule has 11 heteroatoms. The number of rotatable bonds is 6. The first kappa shape index (κ1) is 25.6. The minimum Gasteiger partial charge on any atom is -0.326 e. The highest BCUT2D eigenvalue weighted by atomic mass is 35.5. The Bertz CT molecular complexity index is 1320. The van der Waals surface area contributed by atoms with Gasteiger partial charge in [0, 0.05) is 31.3 Å². The van der Waals surface area contributed by atoms with Gasteiger partial charge in [-0.05, 0) is 61.6 Å². The summed E-state index contributed by atoms with van der Waals surface area (Å²) in [5.74, 6) is -0.0998. The number of amides is 2. The fourth-order valence-electron chi connectivity index (χ4n) is 4.43. The lowest BCUT2D eigenvalue weighted by molar-refractivity contribution is -0.125. The van der Waals surface area contributed by atoms with Crippen molar-refractivity contribution in [3.63, 3.8) is 0 Å². The normalized spacial score (nSPS) is 17.8. The van der Waals surface area contributed by atoms with Crippen LogP contribution in [-0.4, -0.2) is 54.8 Å². The molecule has 186 valence electrons. The van der Waals surface area contributed by atoms with Crippen molar-refractivity contribution in [2.75, 3.05) is 24.2 Å². The number of hydrogen-bond acceptors (Lipinski definition) is 5. The lowest BCUT2D eigenvalue weighted by atomic mass is 9.89. The minimum absolute atomic E-state index is 0.0425. The fraction of sp³-hybridized carbons (Fsp3) is 0.375. The van der Waals surface area contributed by atoms with Crippen LogP contribution in [0.4, 0.5) is 5.69 Å². The molecule has 35 heavy (non-hydrogen) atoms. The van der Waals surface area contributed by atoms with Gasteiger partial charge in [-0.15, -0.1) is 0 Å². The van der Waals surface area contributed by atoms with Crippen LogP contribution in [-0.2, 0) is 26.0 Å². The number of amidine groups is 1. The number of aliphatic imine (C=N–C) groups is 1. The van der Waals surface area contributed by atoms with Gasteiger partial charge in [-0.1, -0.05) is 35.3 Å². The fourth-order valence-corrected chi connectivity index (χ4v) is 6.29. The second-order valence-electron chi connectivity index (χ2n) is 8.84. The number of nitrogens with one attached hydrogen (secondary N) is 2. The van der Waals surface area contributed by atoms with Gasteiger partial charge in [-0.3, -0.25) is 14.6 Å². The Morgan fingerprint density at radius 2 is 1.91 bits per heavy atom. The van der Waals surface area contributed by atoms with Crippen molar-refractivity contribution < 1.29 is 18.0 Å². The Hall–Kier alpha value is -2.46. The van der Waals surface area contributed by atoms with E-state index in [4.69, 9.17) is 23.2 Å². The van der Waals surface area contributed by atoms with E-state index in [1.54, 1.807) is 24.3 Å². The molecule has 0 aromatic heterocycles. The third kappa shape index (κ3) is 5.38. The number of carbonyl (C=O) groups excluding carboxylic acids is 2. The van der Waals surface area contributed by atoms with Gasteiger partial charge in [-0.2, -0.15) is 0 Å². The molecule has 2 heterocycles. The summed E-state index contributed by atoms with van der Waals surface area (Å²) < 4.78 is 27.5. The van der Waals surface area contributed by atoms with E-state index < -0.39 is 15.6 Å². The third-order valence-corrected chi connectivity index (χ3v) is 9.11. The van der Waals surface area contributed by atoms with Crippen molar-refractivity contribution in [3.05, 3.63) is 63.1 Å². The van der Waals surface area contributed by atoms with Crippen LogP contribution >= 0.6 is 23.2 Å². The standard InChI is InChI=1S/C24H26Cl2N4O4S/c1-15-14-18(27-16(2)31)7-6-17(15)8-13-35(33,34)30-11-9-24(10-12-30)23(32)28-22(29-24)19-4-3-5-20(25)21(19)26/h3-7,14H,8-13H2,1-2H3,(H,27,31)(H,28,29,32). The smallest absolute Gasteiger partial charge is 0.253 e. The maximum atomic E-state index is 13.0. The molecule has 2 amide bonds. The molecule has 1 spiro atoms. The van der Waals surface area contributed by atoms with Crippen molar-refractivity contribution in [2.45, 2.75) is 38.6 Å². The zero-order valence-electron chi connectivity index (χ0n) is 19.4. The van der Waals surface area contributed by atoms with Gasteiger partial charge in [-0.25, -0.2) is 12.7 Å². The molecular weight excluding hydrogens is 511 g/mol. The van der Waals surface area contributed by atoms with Crippen molar-refractivity contribution in [1.82, 2.24) is 9.62 Å². The maximum Gasteiger partial charge on any atom is 0.253 e. The average molecular weight is 537 g/mol. The molecule has 2 aliphatic heterocycles. The summed E-state index contributed by atoms with van der Waals surface area (Å²) in [4.78, 5) is 28.7. The topological polar surface area (TPSA) is 108 Å². The number of anilines is 1. The molecule has 1 fully saturated rings. The Balaban J connectivity index is 1.41. The Morgan fingerprint density at radius 3 is 2.57 bits per heavy atom. The van der Waals surface area contributed by atoms with Gasteiger partial charge in [0.25, 0.3) is 5.91 Å². The number of hydrogen-bond donors (Lipinski definition) is 2. The zero-order chi connectivity index (χ0) is 25.4. The molecule has 0 atom stereocenters. The predicted octanol–water partition coefficient (Wildman–Crippen LogP) is 3.54. The molecule has 8 nitrogen and oxygen atoms in total. The van der Waals surface area contributed by atoms with E-state index in [9.17, 15) is 18.0 Å². The molecular formula is C24H26Cl2N4O4S. The van der Waals surface area contributed by atoms with E-state index in [0.717, 1.165) is 11.1 Å². The number of sulfonamides is 1.